The second-order valence-corrected chi connectivity index (χ2v) is 7.12. The molecule has 3 rings (SSSR count). The van der Waals surface area contributed by atoms with Crippen molar-refractivity contribution in [1.29, 1.82) is 0 Å². The Kier molecular flexibility index (Phi) is 5.81. The van der Waals surface area contributed by atoms with Crippen molar-refractivity contribution in [3.63, 3.8) is 0 Å². The summed E-state index contributed by atoms with van der Waals surface area (Å²) in [6.07, 6.45) is 1.51. The normalized spacial score (nSPS) is 15.2. The van der Waals surface area contributed by atoms with E-state index in [1.54, 1.807) is 24.3 Å². The van der Waals surface area contributed by atoms with Crippen LogP contribution in [0.25, 0.3) is 6.08 Å². The van der Waals surface area contributed by atoms with Crippen LogP contribution in [0.3, 0.4) is 0 Å². The van der Waals surface area contributed by atoms with Gasteiger partial charge in [-0.25, -0.2) is 4.79 Å². The Labute approximate surface area is 169 Å². The minimum Gasteiger partial charge on any atom is -0.478 e. The maximum absolute atomic E-state index is 12.5. The number of hydrogen-bond acceptors (Lipinski definition) is 5. The number of imide groups is 1. The first-order chi connectivity index (χ1) is 13.3. The predicted molar refractivity (Wildman–Crippen MR) is 106 cm³/mol. The summed E-state index contributed by atoms with van der Waals surface area (Å²) in [4.78, 5) is 48.6. The first-order valence-corrected chi connectivity index (χ1v) is 9.17. The number of carboxylic acids is 1. The topological polar surface area (TPSA) is 104 Å². The van der Waals surface area contributed by atoms with Crippen molar-refractivity contribution >= 4 is 58.1 Å². The molecule has 28 heavy (non-hydrogen) atoms. The van der Waals surface area contributed by atoms with Crippen molar-refractivity contribution in [2.45, 2.75) is 0 Å². The van der Waals surface area contributed by atoms with Crippen LogP contribution in [0.15, 0.2) is 53.4 Å². The van der Waals surface area contributed by atoms with Crippen LogP contribution in [-0.4, -0.2) is 39.6 Å². The van der Waals surface area contributed by atoms with Crippen molar-refractivity contribution in [3.05, 3.63) is 69.6 Å². The van der Waals surface area contributed by atoms with Gasteiger partial charge in [0.15, 0.2) is 0 Å². The van der Waals surface area contributed by atoms with Crippen LogP contribution in [0.5, 0.6) is 0 Å². The molecule has 0 unspecified atom stereocenters. The Morgan fingerprint density at radius 2 is 1.79 bits per heavy atom. The molecular weight excluding hydrogens is 404 g/mol. The molecule has 2 aromatic carbocycles. The van der Waals surface area contributed by atoms with Gasteiger partial charge in [0.25, 0.3) is 11.1 Å². The lowest BCUT2D eigenvalue weighted by atomic mass is 10.2. The number of carbonyl (C=O) groups is 4. The number of nitrogens with one attached hydrogen (secondary N) is 1. The van der Waals surface area contributed by atoms with Gasteiger partial charge in [0.1, 0.15) is 6.54 Å². The molecule has 2 N–H and O–H groups in total. The number of amides is 3. The predicted octanol–water partition coefficient (Wildman–Crippen LogP) is 3.71. The van der Waals surface area contributed by atoms with Crippen LogP contribution < -0.4 is 5.32 Å². The minimum absolute atomic E-state index is 0.0775. The van der Waals surface area contributed by atoms with Crippen molar-refractivity contribution in [1.82, 2.24) is 4.90 Å². The lowest BCUT2D eigenvalue weighted by Crippen LogP contribution is -2.36. The summed E-state index contributed by atoms with van der Waals surface area (Å²) >= 11 is 6.80. The molecule has 1 aliphatic rings. The Morgan fingerprint density at radius 3 is 2.43 bits per heavy atom. The van der Waals surface area contributed by atoms with Gasteiger partial charge in [-0.2, -0.15) is 0 Å². The average Bonchev–Trinajstić information content (AvgIpc) is 2.91. The molecule has 0 spiro atoms. The molecule has 0 saturated carbocycles. The second kappa shape index (κ2) is 8.28. The third-order valence-electron chi connectivity index (χ3n) is 3.78. The van der Waals surface area contributed by atoms with Crippen LogP contribution in [-0.2, 0) is 9.59 Å². The Bertz CT molecular complexity index is 1000. The van der Waals surface area contributed by atoms with E-state index >= 15 is 0 Å². The van der Waals surface area contributed by atoms with E-state index in [0.29, 0.717) is 16.3 Å². The van der Waals surface area contributed by atoms with Gasteiger partial charge < -0.3 is 10.4 Å². The van der Waals surface area contributed by atoms with Crippen LogP contribution >= 0.6 is 23.4 Å². The van der Waals surface area contributed by atoms with Crippen molar-refractivity contribution in [2.24, 2.45) is 0 Å². The van der Waals surface area contributed by atoms with Gasteiger partial charge in [-0.15, -0.1) is 0 Å². The maximum atomic E-state index is 12.5. The number of hydrogen-bond donors (Lipinski definition) is 2. The van der Waals surface area contributed by atoms with E-state index in [-0.39, 0.29) is 10.5 Å². The van der Waals surface area contributed by atoms with Gasteiger partial charge in [-0.3, -0.25) is 19.3 Å². The zero-order chi connectivity index (χ0) is 20.3. The first-order valence-electron chi connectivity index (χ1n) is 7.98. The monoisotopic (exact) mass is 416 g/mol. The van der Waals surface area contributed by atoms with Crippen molar-refractivity contribution in [3.8, 4) is 0 Å². The molecule has 7 nitrogen and oxygen atoms in total. The molecular formula is C19H13ClN2O5S. The number of thioether (sulfide) groups is 1. The quantitative estimate of drug-likeness (QED) is 0.720. The van der Waals surface area contributed by atoms with Gasteiger partial charge >= 0.3 is 5.97 Å². The summed E-state index contributed by atoms with van der Waals surface area (Å²) in [5, 5.41) is 11.3. The molecule has 9 heteroatoms. The SMILES string of the molecule is O=C(CN1C(=O)S/C(=C/c2ccccc2Cl)C1=O)Nc1ccc(C(=O)O)cc1. The molecule has 142 valence electrons. The highest BCUT2D eigenvalue weighted by molar-refractivity contribution is 8.18. The van der Waals surface area contributed by atoms with Crippen molar-refractivity contribution < 1.29 is 24.3 Å². The van der Waals surface area contributed by atoms with Gasteiger partial charge in [0, 0.05) is 10.7 Å². The van der Waals surface area contributed by atoms with Crippen molar-refractivity contribution in [2.75, 3.05) is 11.9 Å². The fourth-order valence-corrected chi connectivity index (χ4v) is 3.43. The number of carbonyl (C=O) groups excluding carboxylic acids is 3. The molecule has 1 heterocycles. The molecule has 2 aromatic rings. The number of carboxylic acid groups (broad SMARTS) is 1. The van der Waals surface area contributed by atoms with Crippen LogP contribution in [0.2, 0.25) is 5.02 Å². The third-order valence-corrected chi connectivity index (χ3v) is 5.03. The number of aromatic carboxylic acids is 1. The summed E-state index contributed by atoms with van der Waals surface area (Å²) < 4.78 is 0. The number of rotatable bonds is 5. The fourth-order valence-electron chi connectivity index (χ4n) is 2.41. The molecule has 0 radical (unpaired) electrons. The smallest absolute Gasteiger partial charge is 0.335 e. The Morgan fingerprint density at radius 1 is 1.11 bits per heavy atom. The highest BCUT2D eigenvalue weighted by atomic mass is 35.5. The Hall–Kier alpha value is -3.10. The van der Waals surface area contributed by atoms with Gasteiger partial charge in [-0.1, -0.05) is 29.8 Å². The number of nitrogens with zero attached hydrogens (tertiary/aromatic N) is 1. The highest BCUT2D eigenvalue weighted by Gasteiger charge is 2.36. The summed E-state index contributed by atoms with van der Waals surface area (Å²) in [5.41, 5.74) is 1.03. The van der Waals surface area contributed by atoms with Gasteiger partial charge in [0.05, 0.1) is 10.5 Å². The van der Waals surface area contributed by atoms with E-state index in [1.165, 1.54) is 30.3 Å². The molecule has 0 atom stereocenters. The lowest BCUT2D eigenvalue weighted by Gasteiger charge is -2.12. The van der Waals surface area contributed by atoms with E-state index in [0.717, 1.165) is 16.7 Å². The van der Waals surface area contributed by atoms with Gasteiger partial charge in [0.2, 0.25) is 5.91 Å². The maximum Gasteiger partial charge on any atom is 0.335 e. The molecule has 0 aliphatic carbocycles. The summed E-state index contributed by atoms with van der Waals surface area (Å²) in [5.74, 6) is -2.24. The van der Waals surface area contributed by atoms with E-state index in [2.05, 4.69) is 5.32 Å². The van der Waals surface area contributed by atoms with Crippen LogP contribution in [0, 0.1) is 0 Å². The van der Waals surface area contributed by atoms with E-state index in [1.807, 2.05) is 0 Å². The second-order valence-electron chi connectivity index (χ2n) is 5.72. The van der Waals surface area contributed by atoms with E-state index in [4.69, 9.17) is 16.7 Å². The summed E-state index contributed by atoms with van der Waals surface area (Å²) in [7, 11) is 0. The van der Waals surface area contributed by atoms with Crippen LogP contribution in [0.4, 0.5) is 10.5 Å². The van der Waals surface area contributed by atoms with Crippen LogP contribution in [0.1, 0.15) is 15.9 Å². The summed E-state index contributed by atoms with van der Waals surface area (Å²) in [6.45, 7) is -0.453. The zero-order valence-electron chi connectivity index (χ0n) is 14.2. The molecule has 1 fully saturated rings. The van der Waals surface area contributed by atoms with E-state index < -0.39 is 29.6 Å². The fraction of sp³-hybridized carbons (Fsp3) is 0.0526. The number of benzene rings is 2. The molecule has 1 saturated heterocycles. The largest absolute Gasteiger partial charge is 0.478 e. The van der Waals surface area contributed by atoms with E-state index in [9.17, 15) is 19.2 Å². The molecule has 3 amide bonds. The number of halogens is 1. The van der Waals surface area contributed by atoms with Gasteiger partial charge in [-0.05, 0) is 53.7 Å². The highest BCUT2D eigenvalue weighted by Crippen LogP contribution is 2.33. The average molecular weight is 417 g/mol. The third kappa shape index (κ3) is 4.41. The summed E-state index contributed by atoms with van der Waals surface area (Å²) in [6, 6.07) is 12.4. The number of anilines is 1. The molecule has 0 bridgehead atoms. The Balaban J connectivity index is 1.68. The lowest BCUT2D eigenvalue weighted by molar-refractivity contribution is -0.127. The first kappa shape index (κ1) is 19.7. The molecule has 0 aromatic heterocycles. The minimum atomic E-state index is -1.08. The molecule has 1 aliphatic heterocycles. The zero-order valence-corrected chi connectivity index (χ0v) is 15.8. The standard InChI is InChI=1S/C19H13ClN2O5S/c20-14-4-2-1-3-12(14)9-15-17(24)22(19(27)28-15)10-16(23)21-13-7-5-11(6-8-13)18(25)26/h1-9H,10H2,(H,21,23)(H,25,26)/b15-9+.